The van der Waals surface area contributed by atoms with E-state index in [-0.39, 0.29) is 30.7 Å². The van der Waals surface area contributed by atoms with Crippen molar-refractivity contribution in [2.45, 2.75) is 13.0 Å². The van der Waals surface area contributed by atoms with Gasteiger partial charge in [-0.1, -0.05) is 24.3 Å². The van der Waals surface area contributed by atoms with Crippen molar-refractivity contribution in [2.75, 3.05) is 44.6 Å². The zero-order valence-electron chi connectivity index (χ0n) is 17.4. The minimum absolute atomic E-state index is 0.0484. The van der Waals surface area contributed by atoms with E-state index in [9.17, 15) is 14.4 Å². The van der Waals surface area contributed by atoms with Crippen molar-refractivity contribution in [3.8, 4) is 11.5 Å². The Morgan fingerprint density at radius 1 is 1.00 bits per heavy atom. The Hall–Kier alpha value is -3.39. The standard InChI is InChI=1S/C23H25N3O5/c1-16(27)17-5-4-6-18(13-17)24-22(28)14-25-9-11-26(12-10-25)23(29)21-15-30-19-7-2-3-8-20(19)31-21/h2-8,13,21H,9-12,14-15H2,1H3,(H,24,28)/t21-/m1/s1. The van der Waals surface area contributed by atoms with E-state index < -0.39 is 6.10 Å². The third-order valence-electron chi connectivity index (χ3n) is 5.39. The van der Waals surface area contributed by atoms with Gasteiger partial charge in [0, 0.05) is 37.4 Å². The number of piperazine rings is 1. The molecule has 0 spiro atoms. The smallest absolute Gasteiger partial charge is 0.267 e. The monoisotopic (exact) mass is 423 g/mol. The maximum absolute atomic E-state index is 12.8. The molecule has 4 rings (SSSR count). The van der Waals surface area contributed by atoms with Gasteiger partial charge >= 0.3 is 0 Å². The third-order valence-corrected chi connectivity index (χ3v) is 5.39. The number of Topliss-reactive ketones (excluding diaryl/α,β-unsaturated/α-hetero) is 1. The molecule has 0 radical (unpaired) electrons. The van der Waals surface area contributed by atoms with Crippen molar-refractivity contribution in [1.82, 2.24) is 9.80 Å². The highest BCUT2D eigenvalue weighted by Gasteiger charge is 2.32. The lowest BCUT2D eigenvalue weighted by Crippen LogP contribution is -2.54. The average Bonchev–Trinajstić information content (AvgIpc) is 2.79. The van der Waals surface area contributed by atoms with Crippen molar-refractivity contribution in [2.24, 2.45) is 0 Å². The molecular formula is C23H25N3O5. The van der Waals surface area contributed by atoms with Crippen molar-refractivity contribution < 1.29 is 23.9 Å². The van der Waals surface area contributed by atoms with Crippen LogP contribution < -0.4 is 14.8 Å². The molecule has 2 aliphatic heterocycles. The quantitative estimate of drug-likeness (QED) is 0.738. The van der Waals surface area contributed by atoms with Gasteiger partial charge in [0.25, 0.3) is 5.91 Å². The Kier molecular flexibility index (Phi) is 6.18. The van der Waals surface area contributed by atoms with Gasteiger partial charge in [-0.2, -0.15) is 0 Å². The first-order valence-electron chi connectivity index (χ1n) is 10.3. The number of rotatable bonds is 5. The summed E-state index contributed by atoms with van der Waals surface area (Å²) in [5.41, 5.74) is 1.16. The number of fused-ring (bicyclic) bond motifs is 1. The van der Waals surface area contributed by atoms with E-state index >= 15 is 0 Å². The lowest BCUT2D eigenvalue weighted by molar-refractivity contribution is -0.143. The van der Waals surface area contributed by atoms with Gasteiger partial charge in [-0.15, -0.1) is 0 Å². The number of anilines is 1. The summed E-state index contributed by atoms with van der Waals surface area (Å²) in [6.07, 6.45) is -0.654. The lowest BCUT2D eigenvalue weighted by atomic mass is 10.1. The van der Waals surface area contributed by atoms with Crippen LogP contribution in [0, 0.1) is 0 Å². The van der Waals surface area contributed by atoms with Crippen molar-refractivity contribution in [1.29, 1.82) is 0 Å². The predicted octanol–water partition coefficient (Wildman–Crippen LogP) is 1.81. The van der Waals surface area contributed by atoms with E-state index in [1.807, 2.05) is 23.1 Å². The van der Waals surface area contributed by atoms with Crippen LogP contribution in [-0.4, -0.2) is 72.8 Å². The van der Waals surface area contributed by atoms with Gasteiger partial charge in [-0.05, 0) is 31.2 Å². The van der Waals surface area contributed by atoms with Gasteiger partial charge in [-0.3, -0.25) is 19.3 Å². The molecule has 1 saturated heterocycles. The van der Waals surface area contributed by atoms with Crippen molar-refractivity contribution in [3.63, 3.8) is 0 Å². The van der Waals surface area contributed by atoms with E-state index in [4.69, 9.17) is 9.47 Å². The summed E-state index contributed by atoms with van der Waals surface area (Å²) >= 11 is 0. The third kappa shape index (κ3) is 5.03. The lowest BCUT2D eigenvalue weighted by Gasteiger charge is -2.36. The Morgan fingerprint density at radius 3 is 2.48 bits per heavy atom. The van der Waals surface area contributed by atoms with Crippen molar-refractivity contribution >= 4 is 23.3 Å². The molecule has 2 amide bonds. The number of ketones is 1. The average molecular weight is 423 g/mol. The van der Waals surface area contributed by atoms with Crippen LogP contribution in [0.4, 0.5) is 5.69 Å². The SMILES string of the molecule is CC(=O)c1cccc(NC(=O)CN2CCN(C(=O)[C@H]3COc4ccccc4O3)CC2)c1. The minimum atomic E-state index is -0.654. The number of hydrogen-bond acceptors (Lipinski definition) is 6. The zero-order chi connectivity index (χ0) is 21.8. The number of ether oxygens (including phenoxy) is 2. The van der Waals surface area contributed by atoms with E-state index in [0.717, 1.165) is 0 Å². The fourth-order valence-corrected chi connectivity index (χ4v) is 3.69. The largest absolute Gasteiger partial charge is 0.485 e. The summed E-state index contributed by atoms with van der Waals surface area (Å²) in [6.45, 7) is 4.14. The maximum atomic E-state index is 12.8. The van der Waals surface area contributed by atoms with Crippen LogP contribution in [0.1, 0.15) is 17.3 Å². The van der Waals surface area contributed by atoms with E-state index in [1.54, 1.807) is 35.2 Å². The molecule has 2 aromatic rings. The highest BCUT2D eigenvalue weighted by Crippen LogP contribution is 2.31. The fourth-order valence-electron chi connectivity index (χ4n) is 3.69. The zero-order valence-corrected chi connectivity index (χ0v) is 17.4. The summed E-state index contributed by atoms with van der Waals surface area (Å²) in [5.74, 6) is 0.931. The molecule has 0 unspecified atom stereocenters. The number of nitrogens with one attached hydrogen (secondary N) is 1. The second kappa shape index (κ2) is 9.18. The second-order valence-corrected chi connectivity index (χ2v) is 7.65. The van der Waals surface area contributed by atoms with E-state index in [2.05, 4.69) is 5.32 Å². The molecule has 2 aromatic carbocycles. The van der Waals surface area contributed by atoms with Gasteiger partial charge in [0.05, 0.1) is 6.54 Å². The molecule has 8 heteroatoms. The number of hydrogen-bond donors (Lipinski definition) is 1. The Bertz CT molecular complexity index is 985. The van der Waals surface area contributed by atoms with Gasteiger partial charge in [0.2, 0.25) is 12.0 Å². The molecule has 1 N–H and O–H groups in total. The fraction of sp³-hybridized carbons (Fsp3) is 0.348. The van der Waals surface area contributed by atoms with Crippen LogP contribution in [0.15, 0.2) is 48.5 Å². The summed E-state index contributed by atoms with van der Waals surface area (Å²) in [5, 5.41) is 2.83. The van der Waals surface area contributed by atoms with E-state index in [1.165, 1.54) is 6.92 Å². The number of para-hydroxylation sites is 2. The van der Waals surface area contributed by atoms with Crippen LogP contribution in [0.25, 0.3) is 0 Å². The summed E-state index contributed by atoms with van der Waals surface area (Å²) in [6, 6.07) is 14.2. The second-order valence-electron chi connectivity index (χ2n) is 7.65. The highest BCUT2D eigenvalue weighted by molar-refractivity contribution is 5.97. The summed E-state index contributed by atoms with van der Waals surface area (Å²) in [7, 11) is 0. The number of nitrogens with zero attached hydrogens (tertiary/aromatic N) is 2. The van der Waals surface area contributed by atoms with Crippen LogP contribution in [0.5, 0.6) is 11.5 Å². The molecule has 162 valence electrons. The van der Waals surface area contributed by atoms with Crippen LogP contribution in [-0.2, 0) is 9.59 Å². The summed E-state index contributed by atoms with van der Waals surface area (Å²) in [4.78, 5) is 40.5. The minimum Gasteiger partial charge on any atom is -0.485 e. The first-order valence-corrected chi connectivity index (χ1v) is 10.3. The highest BCUT2D eigenvalue weighted by atomic mass is 16.6. The van der Waals surface area contributed by atoms with Gasteiger partial charge < -0.3 is 19.7 Å². The normalized spacial score (nSPS) is 18.4. The Morgan fingerprint density at radius 2 is 1.74 bits per heavy atom. The number of carbonyl (C=O) groups excluding carboxylic acids is 3. The molecule has 1 fully saturated rings. The summed E-state index contributed by atoms with van der Waals surface area (Å²) < 4.78 is 11.5. The Labute approximate surface area is 180 Å². The Balaban J connectivity index is 1.25. The molecule has 2 heterocycles. The first-order chi connectivity index (χ1) is 15.0. The maximum Gasteiger partial charge on any atom is 0.267 e. The van der Waals surface area contributed by atoms with Crippen LogP contribution in [0.2, 0.25) is 0 Å². The van der Waals surface area contributed by atoms with E-state index in [0.29, 0.717) is 48.9 Å². The molecule has 2 aliphatic rings. The predicted molar refractivity (Wildman–Crippen MR) is 114 cm³/mol. The number of amides is 2. The molecular weight excluding hydrogens is 398 g/mol. The molecule has 0 aliphatic carbocycles. The number of benzene rings is 2. The molecule has 0 bridgehead atoms. The number of carbonyl (C=O) groups is 3. The molecule has 0 aromatic heterocycles. The molecule has 8 nitrogen and oxygen atoms in total. The van der Waals surface area contributed by atoms with Crippen molar-refractivity contribution in [3.05, 3.63) is 54.1 Å². The van der Waals surface area contributed by atoms with Gasteiger partial charge in [0.1, 0.15) is 6.61 Å². The molecule has 1 atom stereocenters. The molecule has 31 heavy (non-hydrogen) atoms. The first kappa shape index (κ1) is 20.9. The van der Waals surface area contributed by atoms with Gasteiger partial charge in [-0.25, -0.2) is 0 Å². The van der Waals surface area contributed by atoms with Gasteiger partial charge in [0.15, 0.2) is 17.3 Å². The molecule has 0 saturated carbocycles. The topological polar surface area (TPSA) is 88.2 Å². The van der Waals surface area contributed by atoms with Crippen LogP contribution >= 0.6 is 0 Å². The van der Waals surface area contributed by atoms with Crippen LogP contribution in [0.3, 0.4) is 0 Å².